The van der Waals surface area contributed by atoms with E-state index in [9.17, 15) is 0 Å². The number of hydrogen-bond donors (Lipinski definition) is 1. The van der Waals surface area contributed by atoms with Gasteiger partial charge >= 0.3 is 0 Å². The minimum absolute atomic E-state index is 0.585. The third kappa shape index (κ3) is 2.73. The van der Waals surface area contributed by atoms with Gasteiger partial charge in [-0.25, -0.2) is 0 Å². The zero-order valence-electron chi connectivity index (χ0n) is 10.2. The van der Waals surface area contributed by atoms with Crippen LogP contribution in [0.1, 0.15) is 52.4 Å². The maximum absolute atomic E-state index is 5.87. The van der Waals surface area contributed by atoms with Crippen LogP contribution in [0.2, 0.25) is 0 Å². The van der Waals surface area contributed by atoms with Crippen molar-refractivity contribution in [1.29, 1.82) is 0 Å². The minimum atomic E-state index is 0.585. The number of nitrogens with one attached hydrogen (secondary N) is 1. The van der Waals surface area contributed by atoms with Crippen LogP contribution >= 0.6 is 0 Å². The van der Waals surface area contributed by atoms with Crippen LogP contribution in [0.3, 0.4) is 0 Å². The van der Waals surface area contributed by atoms with E-state index in [4.69, 9.17) is 4.74 Å². The Morgan fingerprint density at radius 3 is 2.73 bits per heavy atom. The van der Waals surface area contributed by atoms with E-state index in [2.05, 4.69) is 19.2 Å². The van der Waals surface area contributed by atoms with Crippen LogP contribution in [0.5, 0.6) is 0 Å². The van der Waals surface area contributed by atoms with Gasteiger partial charge in [-0.05, 0) is 32.1 Å². The van der Waals surface area contributed by atoms with Crippen LogP contribution in [0.4, 0.5) is 0 Å². The number of fused-ring (bicyclic) bond motifs is 2. The van der Waals surface area contributed by atoms with E-state index < -0.39 is 0 Å². The lowest BCUT2D eigenvalue weighted by atomic mass is 9.89. The van der Waals surface area contributed by atoms with Crippen molar-refractivity contribution in [1.82, 2.24) is 5.32 Å². The van der Waals surface area contributed by atoms with Gasteiger partial charge in [0.2, 0.25) is 0 Å². The van der Waals surface area contributed by atoms with Crippen molar-refractivity contribution in [2.24, 2.45) is 5.92 Å². The van der Waals surface area contributed by atoms with Crippen molar-refractivity contribution in [3.8, 4) is 0 Å². The number of rotatable bonds is 6. The molecule has 0 saturated carbocycles. The molecule has 0 aromatic heterocycles. The van der Waals surface area contributed by atoms with Crippen LogP contribution in [-0.4, -0.2) is 24.8 Å². The van der Waals surface area contributed by atoms with E-state index in [1.807, 2.05) is 0 Å². The standard InChI is InChI=1S/C13H25NO/c1-3-5-11(4-2)14-9-10-8-12-6-7-13(10)15-12/h10-14H,3-9H2,1-2H3. The third-order valence-electron chi connectivity index (χ3n) is 4.03. The molecule has 2 rings (SSSR count). The van der Waals surface area contributed by atoms with Gasteiger partial charge in [0.05, 0.1) is 12.2 Å². The summed E-state index contributed by atoms with van der Waals surface area (Å²) in [5.74, 6) is 0.801. The molecule has 2 saturated heterocycles. The molecule has 0 amide bonds. The lowest BCUT2D eigenvalue weighted by Gasteiger charge is -2.23. The molecule has 88 valence electrons. The average Bonchev–Trinajstić information content (AvgIpc) is 2.85. The van der Waals surface area contributed by atoms with Crippen molar-refractivity contribution < 1.29 is 4.74 Å². The zero-order valence-corrected chi connectivity index (χ0v) is 10.2. The summed E-state index contributed by atoms with van der Waals surface area (Å²) in [6.45, 7) is 5.73. The number of ether oxygens (including phenoxy) is 1. The van der Waals surface area contributed by atoms with E-state index in [1.54, 1.807) is 0 Å². The first-order chi connectivity index (χ1) is 7.33. The molecule has 4 atom stereocenters. The van der Waals surface area contributed by atoms with Crippen LogP contribution in [0, 0.1) is 5.92 Å². The van der Waals surface area contributed by atoms with E-state index in [0.717, 1.165) is 12.0 Å². The van der Waals surface area contributed by atoms with E-state index in [1.165, 1.54) is 45.1 Å². The molecule has 0 aliphatic carbocycles. The van der Waals surface area contributed by atoms with Crippen LogP contribution < -0.4 is 5.32 Å². The Morgan fingerprint density at radius 2 is 2.20 bits per heavy atom. The quantitative estimate of drug-likeness (QED) is 0.729. The highest BCUT2D eigenvalue weighted by atomic mass is 16.5. The minimum Gasteiger partial charge on any atom is -0.375 e. The Hall–Kier alpha value is -0.0800. The van der Waals surface area contributed by atoms with Gasteiger partial charge in [-0.2, -0.15) is 0 Å². The monoisotopic (exact) mass is 211 g/mol. The highest BCUT2D eigenvalue weighted by Gasteiger charge is 2.40. The first kappa shape index (κ1) is 11.4. The third-order valence-corrected chi connectivity index (χ3v) is 4.03. The summed E-state index contributed by atoms with van der Waals surface area (Å²) in [5, 5.41) is 3.72. The van der Waals surface area contributed by atoms with E-state index in [-0.39, 0.29) is 0 Å². The van der Waals surface area contributed by atoms with Gasteiger partial charge in [0.25, 0.3) is 0 Å². The lowest BCUT2D eigenvalue weighted by molar-refractivity contribution is 0.0919. The first-order valence-corrected chi connectivity index (χ1v) is 6.72. The fourth-order valence-corrected chi connectivity index (χ4v) is 3.07. The second-order valence-electron chi connectivity index (χ2n) is 5.17. The normalized spacial score (nSPS) is 36.0. The molecule has 4 unspecified atom stereocenters. The molecular weight excluding hydrogens is 186 g/mol. The van der Waals surface area contributed by atoms with Crippen LogP contribution in [-0.2, 0) is 4.74 Å². The molecule has 2 nitrogen and oxygen atoms in total. The topological polar surface area (TPSA) is 21.3 Å². The van der Waals surface area contributed by atoms with E-state index in [0.29, 0.717) is 12.2 Å². The molecule has 1 N–H and O–H groups in total. The highest BCUT2D eigenvalue weighted by molar-refractivity contribution is 4.90. The summed E-state index contributed by atoms with van der Waals surface area (Å²) in [6.07, 6.45) is 8.98. The molecule has 0 radical (unpaired) electrons. The predicted molar refractivity (Wildman–Crippen MR) is 63.0 cm³/mol. The first-order valence-electron chi connectivity index (χ1n) is 6.72. The molecule has 2 aliphatic rings. The molecule has 2 bridgehead atoms. The zero-order chi connectivity index (χ0) is 10.7. The number of hydrogen-bond acceptors (Lipinski definition) is 2. The van der Waals surface area contributed by atoms with Crippen LogP contribution in [0.15, 0.2) is 0 Å². The summed E-state index contributed by atoms with van der Waals surface area (Å²) in [6, 6.07) is 0.731. The molecule has 2 aliphatic heterocycles. The predicted octanol–water partition coefficient (Wildman–Crippen LogP) is 2.72. The van der Waals surface area contributed by atoms with Gasteiger partial charge in [0, 0.05) is 18.5 Å². The second kappa shape index (κ2) is 5.31. The molecule has 2 fully saturated rings. The van der Waals surface area contributed by atoms with Crippen molar-refractivity contribution in [3.05, 3.63) is 0 Å². The summed E-state index contributed by atoms with van der Waals surface area (Å²) >= 11 is 0. The Morgan fingerprint density at radius 1 is 1.33 bits per heavy atom. The van der Waals surface area contributed by atoms with Gasteiger partial charge in [-0.1, -0.05) is 20.3 Å². The van der Waals surface area contributed by atoms with Crippen molar-refractivity contribution >= 4 is 0 Å². The Labute approximate surface area is 93.8 Å². The van der Waals surface area contributed by atoms with Gasteiger partial charge < -0.3 is 10.1 Å². The van der Waals surface area contributed by atoms with Crippen molar-refractivity contribution in [2.75, 3.05) is 6.54 Å². The van der Waals surface area contributed by atoms with Crippen molar-refractivity contribution in [2.45, 2.75) is 70.6 Å². The molecule has 2 heterocycles. The molecular formula is C13H25NO. The van der Waals surface area contributed by atoms with Gasteiger partial charge in [0.1, 0.15) is 0 Å². The van der Waals surface area contributed by atoms with Crippen LogP contribution in [0.25, 0.3) is 0 Å². The van der Waals surface area contributed by atoms with Gasteiger partial charge in [-0.3, -0.25) is 0 Å². The molecule has 15 heavy (non-hydrogen) atoms. The molecule has 0 spiro atoms. The highest BCUT2D eigenvalue weighted by Crippen LogP contribution is 2.38. The Balaban J connectivity index is 1.69. The summed E-state index contributed by atoms with van der Waals surface area (Å²) in [7, 11) is 0. The molecule has 0 aromatic carbocycles. The van der Waals surface area contributed by atoms with Gasteiger partial charge in [0.15, 0.2) is 0 Å². The van der Waals surface area contributed by atoms with E-state index >= 15 is 0 Å². The summed E-state index contributed by atoms with van der Waals surface area (Å²) in [4.78, 5) is 0. The fraction of sp³-hybridized carbons (Fsp3) is 1.00. The summed E-state index contributed by atoms with van der Waals surface area (Å²) in [5.41, 5.74) is 0. The Bertz CT molecular complexity index is 195. The largest absolute Gasteiger partial charge is 0.375 e. The molecule has 2 heteroatoms. The van der Waals surface area contributed by atoms with Gasteiger partial charge in [-0.15, -0.1) is 0 Å². The molecule has 0 aromatic rings. The Kier molecular flexibility index (Phi) is 4.04. The average molecular weight is 211 g/mol. The fourth-order valence-electron chi connectivity index (χ4n) is 3.07. The smallest absolute Gasteiger partial charge is 0.0621 e. The van der Waals surface area contributed by atoms with Crippen molar-refractivity contribution in [3.63, 3.8) is 0 Å². The lowest BCUT2D eigenvalue weighted by Crippen LogP contribution is -2.36. The second-order valence-corrected chi connectivity index (χ2v) is 5.17. The maximum Gasteiger partial charge on any atom is 0.0621 e. The summed E-state index contributed by atoms with van der Waals surface area (Å²) < 4.78 is 5.87. The SMILES string of the molecule is CCCC(CC)NCC1CC2CCC1O2. The maximum atomic E-state index is 5.87.